The van der Waals surface area contributed by atoms with Gasteiger partial charge in [0.15, 0.2) is 0 Å². The summed E-state index contributed by atoms with van der Waals surface area (Å²) in [7, 11) is 0. The first-order valence-corrected chi connectivity index (χ1v) is 45.4. The van der Waals surface area contributed by atoms with Crippen molar-refractivity contribution in [2.45, 2.75) is 183 Å². The molecule has 6 aliphatic rings. The highest BCUT2D eigenvalue weighted by molar-refractivity contribution is 6.32. The molecule has 0 saturated heterocycles. The maximum Gasteiger partial charge on any atom is 0.139 e. The van der Waals surface area contributed by atoms with Crippen LogP contribution in [0.2, 0.25) is 0 Å². The molecule has 0 atom stereocenters. The Kier molecular flexibility index (Phi) is 15.6. The van der Waals surface area contributed by atoms with E-state index < -0.39 is 0 Å². The summed E-state index contributed by atoms with van der Waals surface area (Å²) in [6.07, 6.45) is 2.09. The van der Waals surface area contributed by atoms with Crippen molar-refractivity contribution in [3.05, 3.63) is 343 Å². The fourth-order valence-corrected chi connectivity index (χ4v) is 23.9. The Hall–Kier alpha value is -13.4. The van der Waals surface area contributed by atoms with Crippen LogP contribution in [0, 0.1) is 41.5 Å². The lowest BCUT2D eigenvalue weighted by atomic mass is 9.73. The number of benzene rings is 17. The van der Waals surface area contributed by atoms with Gasteiger partial charge in [0.05, 0.1) is 17.1 Å². The molecular formula is C120H102N4O3. The lowest BCUT2D eigenvalue weighted by Gasteiger charge is -2.36. The van der Waals surface area contributed by atoms with Gasteiger partial charge in [-0.05, 0) is 264 Å². The molecule has 0 N–H and O–H groups in total. The molecule has 3 aliphatic carbocycles. The zero-order chi connectivity index (χ0) is 87.6. The number of hydrogen-bond acceptors (Lipinski definition) is 7. The topological polar surface area (TPSA) is 79.3 Å². The smallest absolute Gasteiger partial charge is 0.139 e. The number of hydrogen-bond donors (Lipinski definition) is 0. The second-order valence-corrected chi connectivity index (χ2v) is 41.8. The molecule has 0 amide bonds. The van der Waals surface area contributed by atoms with Crippen LogP contribution in [0.25, 0.3) is 153 Å². The second-order valence-electron chi connectivity index (χ2n) is 41.8. The van der Waals surface area contributed by atoms with Crippen molar-refractivity contribution in [2.75, 3.05) is 0 Å². The lowest BCUT2D eigenvalue weighted by Crippen LogP contribution is -2.24. The molecule has 26 rings (SSSR count). The first-order valence-electron chi connectivity index (χ1n) is 45.4. The molecule has 17 aromatic carbocycles. The van der Waals surface area contributed by atoms with Crippen molar-refractivity contribution in [1.29, 1.82) is 0 Å². The summed E-state index contributed by atoms with van der Waals surface area (Å²) in [4.78, 5) is 20.6. The van der Waals surface area contributed by atoms with Crippen molar-refractivity contribution < 1.29 is 14.2 Å². The van der Waals surface area contributed by atoms with Crippen LogP contribution >= 0.6 is 0 Å². The first-order chi connectivity index (χ1) is 60.6. The average Bonchev–Trinajstić information content (AvgIpc) is 1.64. The van der Waals surface area contributed by atoms with Crippen LogP contribution in [0.15, 0.2) is 237 Å². The Balaban J connectivity index is 0.000000106. The predicted molar refractivity (Wildman–Crippen MR) is 528 cm³/mol. The summed E-state index contributed by atoms with van der Waals surface area (Å²) >= 11 is 0. The summed E-state index contributed by atoms with van der Waals surface area (Å²) < 4.78 is 20.4. The number of ether oxygens (including phenoxy) is 3. The van der Waals surface area contributed by atoms with E-state index in [0.29, 0.717) is 0 Å². The summed E-state index contributed by atoms with van der Waals surface area (Å²) in [5.41, 5.74) is 33.6. The minimum absolute atomic E-state index is 0.108. The number of nitrogens with zero attached hydrogens (tertiary/aromatic N) is 4. The number of rotatable bonds is 2. The Morgan fingerprint density at radius 3 is 1.25 bits per heavy atom. The molecule has 3 aromatic heterocycles. The molecule has 7 nitrogen and oxygen atoms in total. The van der Waals surface area contributed by atoms with Crippen LogP contribution in [-0.2, 0) is 37.9 Å². The molecule has 620 valence electrons. The second kappa shape index (κ2) is 25.7. The third-order valence-corrected chi connectivity index (χ3v) is 30.9. The van der Waals surface area contributed by atoms with Crippen LogP contribution in [0.5, 0.6) is 34.5 Å². The van der Waals surface area contributed by atoms with E-state index in [9.17, 15) is 0 Å². The van der Waals surface area contributed by atoms with Gasteiger partial charge >= 0.3 is 0 Å². The van der Waals surface area contributed by atoms with Gasteiger partial charge in [0.2, 0.25) is 0 Å². The van der Waals surface area contributed by atoms with Gasteiger partial charge in [-0.1, -0.05) is 243 Å². The minimum atomic E-state index is -0.231. The lowest BCUT2D eigenvalue weighted by molar-refractivity contribution is 0.423. The van der Waals surface area contributed by atoms with Gasteiger partial charge in [0.1, 0.15) is 40.3 Å². The molecule has 20 aromatic rings. The van der Waals surface area contributed by atoms with Crippen LogP contribution < -0.4 is 14.2 Å². The van der Waals surface area contributed by atoms with Gasteiger partial charge in [-0.25, -0.2) is 9.97 Å². The first kappa shape index (κ1) is 77.2. The molecule has 0 fully saturated rings. The van der Waals surface area contributed by atoms with Gasteiger partial charge in [-0.3, -0.25) is 9.97 Å². The Labute approximate surface area is 742 Å². The van der Waals surface area contributed by atoms with Gasteiger partial charge < -0.3 is 14.2 Å². The minimum Gasteiger partial charge on any atom is -0.456 e. The third-order valence-electron chi connectivity index (χ3n) is 30.9. The Morgan fingerprint density at radius 2 is 0.693 bits per heavy atom. The van der Waals surface area contributed by atoms with Crippen LogP contribution in [0.4, 0.5) is 0 Å². The van der Waals surface area contributed by atoms with Crippen LogP contribution in [0.3, 0.4) is 0 Å². The zero-order valence-corrected chi connectivity index (χ0v) is 76.5. The molecule has 0 spiro atoms. The van der Waals surface area contributed by atoms with Crippen molar-refractivity contribution in [2.24, 2.45) is 0 Å². The number of pyridine rings is 2. The Morgan fingerprint density at radius 1 is 0.260 bits per heavy atom. The number of aromatic nitrogens is 4. The van der Waals surface area contributed by atoms with Crippen molar-refractivity contribution in [3.63, 3.8) is 0 Å². The highest BCUT2D eigenvalue weighted by atomic mass is 16.5. The highest BCUT2D eigenvalue weighted by Gasteiger charge is 2.47. The maximum atomic E-state index is 6.93. The SMILES string of the molecule is Cc1cc2cc3c(c4cc(C)c5c6c(cc1c5c24)C(C)(C)c1cnc(C(C)(C)C)nc1-6)Oc1ccccc1C3(C)C.Cc1ccc2c(n1)-c1c(cc3c(C)cc4cc5c(c6cc(C)c1c3c46)Oc1ccc(-c3ccccc3)cc1C5(C)C)C2(C)C.Cc1nc2c(cc1-c1ccccc1)C(C)(C)c1cc3ccc4cc5c(c6ccc(c1-2)c3c46)Oc1ccccc1C5(C)C. The Bertz CT molecular complexity index is 8310. The van der Waals surface area contributed by atoms with E-state index in [-0.39, 0.29) is 37.9 Å². The van der Waals surface area contributed by atoms with E-state index in [4.69, 9.17) is 34.1 Å². The summed E-state index contributed by atoms with van der Waals surface area (Å²) in [5, 5.41) is 23.1. The molecule has 0 bridgehead atoms. The molecular weight excluding hydrogens is 1550 g/mol. The largest absolute Gasteiger partial charge is 0.456 e. The third kappa shape index (κ3) is 10.4. The summed E-state index contributed by atoms with van der Waals surface area (Å²) in [5.74, 6) is 6.73. The van der Waals surface area contributed by atoms with Crippen molar-refractivity contribution >= 4 is 97.0 Å². The van der Waals surface area contributed by atoms with E-state index in [1.807, 2.05) is 0 Å². The summed E-state index contributed by atoms with van der Waals surface area (Å²) in [6.45, 7) is 47.9. The summed E-state index contributed by atoms with van der Waals surface area (Å²) in [6, 6.07) is 85.0. The standard InChI is InChI=1S/C42H35NO.C40H31NO.C38H36N2O/c1-22-17-27-20-33-40(44-34-16-14-26(19-31(34)42(33,6)7)25-11-9-8-10-12-25)29-18-23(2)35-37(36(27)29)28(22)21-32-38(35)39-30(41(32,4)5)15-13-24(3)43-39;1-22-28(23-11-7-6-8-12-23)21-31-37(41-22)36-26-17-18-27-35-25(16-15-24(34(26)35)19-30(36)40(31,4)5)20-32-38(27)42-33-14-10-9-13-29(33)39(32,2)3;1-19-14-21-16-26-34(41-28-13-11-10-12-24(28)37(26,6)7)23-15-20(2)29-31(30(21)23)22(19)17-25-32(29)33-27(38(25,8)9)18-39-35(40-33)36(3,4)5/h8-21H,1-7H3;6-21H,1-5H3;10-18H,1-9H3. The normalized spacial score (nSPS) is 16.0. The molecule has 0 saturated carbocycles. The van der Waals surface area contributed by atoms with Crippen LogP contribution in [-0.4, -0.2) is 19.9 Å². The van der Waals surface area contributed by atoms with E-state index in [1.165, 1.54) is 225 Å². The average molecular weight is 1650 g/mol. The predicted octanol–water partition coefficient (Wildman–Crippen LogP) is 32.0. The number of fused-ring (bicyclic) bond motifs is 21. The van der Waals surface area contributed by atoms with Crippen molar-refractivity contribution in [3.8, 4) is 90.5 Å². The number of aryl methyl sites for hydroxylation is 6. The van der Waals surface area contributed by atoms with Crippen LogP contribution in [0.1, 0.15) is 210 Å². The van der Waals surface area contributed by atoms with E-state index in [1.54, 1.807) is 0 Å². The monoisotopic (exact) mass is 1650 g/mol. The van der Waals surface area contributed by atoms with Gasteiger partial charge in [0.25, 0.3) is 0 Å². The molecule has 0 unspecified atom stereocenters. The molecule has 127 heavy (non-hydrogen) atoms. The van der Waals surface area contributed by atoms with Gasteiger partial charge in [0, 0.05) is 149 Å². The molecule has 6 heterocycles. The van der Waals surface area contributed by atoms with Crippen molar-refractivity contribution in [1.82, 2.24) is 19.9 Å². The van der Waals surface area contributed by atoms with E-state index >= 15 is 0 Å². The molecule has 7 heteroatoms. The van der Waals surface area contributed by atoms with E-state index in [2.05, 4.69) is 382 Å². The maximum absolute atomic E-state index is 6.93. The van der Waals surface area contributed by atoms with E-state index in [0.717, 1.165) is 68.8 Å². The number of para-hydroxylation sites is 2. The fourth-order valence-electron chi connectivity index (χ4n) is 23.9. The zero-order valence-electron chi connectivity index (χ0n) is 76.5. The molecule has 0 radical (unpaired) electrons. The molecule has 3 aliphatic heterocycles. The quantitative estimate of drug-likeness (QED) is 0.160. The fraction of sp³-hybridized carbons (Fsp3) is 0.233. The van der Waals surface area contributed by atoms with Gasteiger partial charge in [-0.2, -0.15) is 0 Å². The highest BCUT2D eigenvalue weighted by Crippen LogP contribution is 2.63. The van der Waals surface area contributed by atoms with Gasteiger partial charge in [-0.15, -0.1) is 0 Å².